The van der Waals surface area contributed by atoms with E-state index < -0.39 is 20.8 Å². The molecule has 162 valence electrons. The zero-order valence-electron chi connectivity index (χ0n) is 16.1. The first-order valence-corrected chi connectivity index (χ1v) is 12.4. The number of hydrogen-bond acceptors (Lipinski definition) is 5. The molecule has 0 saturated heterocycles. The minimum Gasteiger partial charge on any atom is -0.393 e. The van der Waals surface area contributed by atoms with Crippen molar-refractivity contribution >= 4 is 45.2 Å². The fraction of sp³-hybridized carbons (Fsp3) is 0.700. The third-order valence-electron chi connectivity index (χ3n) is 7.21. The molecule has 5 nitrogen and oxygen atoms in total. The van der Waals surface area contributed by atoms with Crippen LogP contribution in [0.1, 0.15) is 56.1 Å². The van der Waals surface area contributed by atoms with E-state index in [1.165, 1.54) is 5.56 Å². The van der Waals surface area contributed by atoms with E-state index in [4.69, 9.17) is 39.0 Å². The lowest BCUT2D eigenvalue weighted by atomic mass is 9.55. The van der Waals surface area contributed by atoms with Gasteiger partial charge < -0.3 is 9.29 Å². The molecule has 3 aliphatic rings. The van der Waals surface area contributed by atoms with Gasteiger partial charge in [0.05, 0.1) is 6.10 Å². The lowest BCUT2D eigenvalue weighted by Crippen LogP contribution is -2.43. The van der Waals surface area contributed by atoms with Crippen molar-refractivity contribution < 1.29 is 21.9 Å². The predicted molar refractivity (Wildman–Crippen MR) is 113 cm³/mol. The van der Waals surface area contributed by atoms with Crippen molar-refractivity contribution in [2.45, 2.75) is 61.3 Å². The molecule has 9 heteroatoms. The van der Waals surface area contributed by atoms with E-state index in [1.54, 1.807) is 12.1 Å². The van der Waals surface area contributed by atoms with Crippen LogP contribution in [0.25, 0.3) is 0 Å². The van der Waals surface area contributed by atoms with Crippen LogP contribution in [0.5, 0.6) is 5.75 Å². The number of hydrogen-bond donors (Lipinski definition) is 1. The van der Waals surface area contributed by atoms with Gasteiger partial charge in [-0.05, 0) is 85.0 Å². The number of aryl methyl sites for hydroxylation is 1. The summed E-state index contributed by atoms with van der Waals surface area (Å²) in [5, 5.41) is 10.5. The second-order valence-electron chi connectivity index (χ2n) is 8.78. The summed E-state index contributed by atoms with van der Waals surface area (Å²) in [5.74, 6) is 1.77. The number of benzene rings is 1. The van der Waals surface area contributed by atoms with Gasteiger partial charge in [0.1, 0.15) is 12.4 Å². The molecule has 0 unspecified atom stereocenters. The maximum atomic E-state index is 12.0. The second kappa shape index (κ2) is 7.72. The van der Waals surface area contributed by atoms with Crippen molar-refractivity contribution in [1.82, 2.24) is 0 Å². The monoisotopic (exact) mass is 482 g/mol. The molecule has 0 aliphatic heterocycles. The highest BCUT2D eigenvalue weighted by molar-refractivity contribution is 7.82. The normalized spacial score (nSPS) is 34.2. The van der Waals surface area contributed by atoms with Gasteiger partial charge in [-0.15, -0.1) is 0 Å². The molecule has 0 amide bonds. The molecule has 2 fully saturated rings. The topological polar surface area (TPSA) is 72.8 Å². The standard InChI is InChI=1S/C20H25Cl3O5S/c1-19-9-8-15-14-5-3-13(28-29(25,26)27-11-20(21,22)23)10-12(14)2-4-16(15)17(19)6-7-18(19)24/h3,5,10,15-18,24H,2,4,6-9,11H2,1H3/t15-,16-,17+,18+,19+/m1/s1. The van der Waals surface area contributed by atoms with Crippen molar-refractivity contribution in [2.24, 2.45) is 17.3 Å². The maximum absolute atomic E-state index is 12.0. The number of fused-ring (bicyclic) bond motifs is 5. The van der Waals surface area contributed by atoms with Crippen LogP contribution in [-0.4, -0.2) is 30.0 Å². The maximum Gasteiger partial charge on any atom is 0.449 e. The van der Waals surface area contributed by atoms with Crippen LogP contribution >= 0.6 is 34.8 Å². The number of aliphatic hydroxyl groups is 1. The summed E-state index contributed by atoms with van der Waals surface area (Å²) in [4.78, 5) is 0. The molecular formula is C20H25Cl3O5S. The summed E-state index contributed by atoms with van der Waals surface area (Å²) in [6.07, 6.45) is 5.78. The van der Waals surface area contributed by atoms with E-state index in [1.807, 2.05) is 6.07 Å². The van der Waals surface area contributed by atoms with Crippen LogP contribution in [-0.2, 0) is 21.0 Å². The Bertz CT molecular complexity index is 885. The molecule has 0 bridgehead atoms. The second-order valence-corrected chi connectivity index (χ2v) is 12.5. The van der Waals surface area contributed by atoms with Gasteiger partial charge in [0.2, 0.25) is 3.79 Å². The molecule has 0 radical (unpaired) electrons. The first kappa shape index (κ1) is 22.0. The van der Waals surface area contributed by atoms with Crippen molar-refractivity contribution in [3.63, 3.8) is 0 Å². The lowest BCUT2D eigenvalue weighted by Gasteiger charge is -2.50. The highest BCUT2D eigenvalue weighted by Gasteiger charge is 2.54. The molecule has 3 aliphatic carbocycles. The van der Waals surface area contributed by atoms with Gasteiger partial charge in [-0.1, -0.05) is 47.8 Å². The minimum absolute atomic E-state index is 0.0373. The Morgan fingerprint density at radius 2 is 1.97 bits per heavy atom. The van der Waals surface area contributed by atoms with Gasteiger partial charge in [-0.3, -0.25) is 0 Å². The molecule has 29 heavy (non-hydrogen) atoms. The third-order valence-corrected chi connectivity index (χ3v) is 8.34. The molecule has 1 N–H and O–H groups in total. The van der Waals surface area contributed by atoms with E-state index >= 15 is 0 Å². The average Bonchev–Trinajstić information content (AvgIpc) is 2.94. The molecule has 1 aromatic rings. The van der Waals surface area contributed by atoms with E-state index in [2.05, 4.69) is 11.1 Å². The first-order chi connectivity index (χ1) is 13.5. The van der Waals surface area contributed by atoms with Crippen molar-refractivity contribution in [3.8, 4) is 5.75 Å². The number of halogens is 3. The van der Waals surface area contributed by atoms with Gasteiger partial charge >= 0.3 is 10.4 Å². The number of alkyl halides is 3. The van der Waals surface area contributed by atoms with Crippen LogP contribution in [0.2, 0.25) is 0 Å². The van der Waals surface area contributed by atoms with Crippen LogP contribution in [0.4, 0.5) is 0 Å². The summed E-state index contributed by atoms with van der Waals surface area (Å²) in [6, 6.07) is 5.41. The molecule has 2 saturated carbocycles. The highest BCUT2D eigenvalue weighted by atomic mass is 35.6. The van der Waals surface area contributed by atoms with Crippen molar-refractivity contribution in [2.75, 3.05) is 6.61 Å². The first-order valence-electron chi connectivity index (χ1n) is 9.95. The summed E-state index contributed by atoms with van der Waals surface area (Å²) in [7, 11) is -4.32. The quantitative estimate of drug-likeness (QED) is 0.616. The zero-order chi connectivity index (χ0) is 21.0. The Hall–Kier alpha value is -0.240. The Labute approximate surface area is 186 Å². The zero-order valence-corrected chi connectivity index (χ0v) is 19.2. The third kappa shape index (κ3) is 4.39. The average molecular weight is 484 g/mol. The molecule has 5 atom stereocenters. The van der Waals surface area contributed by atoms with Gasteiger partial charge in [0.25, 0.3) is 0 Å². The van der Waals surface area contributed by atoms with E-state index in [-0.39, 0.29) is 17.3 Å². The Morgan fingerprint density at radius 1 is 1.21 bits per heavy atom. The van der Waals surface area contributed by atoms with E-state index in [0.29, 0.717) is 17.8 Å². The van der Waals surface area contributed by atoms with Crippen LogP contribution < -0.4 is 4.18 Å². The minimum atomic E-state index is -4.32. The van der Waals surface area contributed by atoms with Crippen molar-refractivity contribution in [3.05, 3.63) is 29.3 Å². The summed E-state index contributed by atoms with van der Waals surface area (Å²) in [6.45, 7) is 1.63. The van der Waals surface area contributed by atoms with E-state index in [0.717, 1.165) is 44.1 Å². The molecule has 0 heterocycles. The molecule has 1 aromatic carbocycles. The Morgan fingerprint density at radius 3 is 2.69 bits per heavy atom. The molecular weight excluding hydrogens is 459 g/mol. The number of aliphatic hydroxyl groups excluding tert-OH is 1. The van der Waals surface area contributed by atoms with Gasteiger partial charge in [-0.2, -0.15) is 8.42 Å². The largest absolute Gasteiger partial charge is 0.449 e. The summed E-state index contributed by atoms with van der Waals surface area (Å²) < 4.78 is 31.8. The van der Waals surface area contributed by atoms with Crippen LogP contribution in [0, 0.1) is 17.3 Å². The fourth-order valence-corrected chi connectivity index (χ4v) is 6.93. The molecule has 4 rings (SSSR count). The van der Waals surface area contributed by atoms with Gasteiger partial charge in [-0.25, -0.2) is 4.18 Å². The Kier molecular flexibility index (Phi) is 5.85. The molecule has 0 spiro atoms. The lowest BCUT2D eigenvalue weighted by molar-refractivity contribution is -0.0226. The highest BCUT2D eigenvalue weighted by Crippen LogP contribution is 2.60. The van der Waals surface area contributed by atoms with Crippen LogP contribution in [0.15, 0.2) is 18.2 Å². The number of rotatable bonds is 4. The fourth-order valence-electron chi connectivity index (χ4n) is 5.86. The SMILES string of the molecule is C[C@]12CC[C@@H]3c4ccc(OS(=O)(=O)OCC(Cl)(Cl)Cl)cc4CC[C@H]3[C@@H]1CC[C@@H]2O. The van der Waals surface area contributed by atoms with Crippen molar-refractivity contribution in [1.29, 1.82) is 0 Å². The summed E-state index contributed by atoms with van der Waals surface area (Å²) in [5.41, 5.74) is 2.43. The Balaban J connectivity index is 1.50. The van der Waals surface area contributed by atoms with E-state index in [9.17, 15) is 13.5 Å². The summed E-state index contributed by atoms with van der Waals surface area (Å²) >= 11 is 16.6. The smallest absolute Gasteiger partial charge is 0.393 e. The predicted octanol–water partition coefficient (Wildman–Crippen LogP) is 4.91. The van der Waals surface area contributed by atoms with Crippen LogP contribution in [0.3, 0.4) is 0 Å². The van der Waals surface area contributed by atoms with Gasteiger partial charge in [0, 0.05) is 0 Å². The molecule has 0 aromatic heterocycles. The van der Waals surface area contributed by atoms with Gasteiger partial charge in [0.15, 0.2) is 0 Å².